The van der Waals surface area contributed by atoms with Crippen molar-refractivity contribution in [2.75, 3.05) is 13.2 Å². The van der Waals surface area contributed by atoms with E-state index < -0.39 is 17.5 Å². The summed E-state index contributed by atoms with van der Waals surface area (Å²) in [7, 11) is 0. The van der Waals surface area contributed by atoms with Gasteiger partial charge >= 0.3 is 6.09 Å². The molecular formula is C16H21N3O4. The summed E-state index contributed by atoms with van der Waals surface area (Å²) >= 11 is 0. The van der Waals surface area contributed by atoms with Gasteiger partial charge in [0.1, 0.15) is 12.1 Å². The van der Waals surface area contributed by atoms with Crippen molar-refractivity contribution in [3.8, 4) is 0 Å². The first kappa shape index (κ1) is 15.8. The molecule has 23 heavy (non-hydrogen) atoms. The lowest BCUT2D eigenvalue weighted by Gasteiger charge is -2.45. The number of carbonyl (C=O) groups excluding carboxylic acids is 2. The van der Waals surface area contributed by atoms with E-state index in [1.807, 2.05) is 30.3 Å². The first-order valence-electron chi connectivity index (χ1n) is 7.70. The highest BCUT2D eigenvalue weighted by Gasteiger charge is 2.48. The molecule has 1 aromatic rings. The van der Waals surface area contributed by atoms with Crippen LogP contribution in [0, 0.1) is 0 Å². The van der Waals surface area contributed by atoms with E-state index in [1.165, 1.54) is 0 Å². The van der Waals surface area contributed by atoms with E-state index >= 15 is 0 Å². The highest BCUT2D eigenvalue weighted by molar-refractivity contribution is 5.89. The van der Waals surface area contributed by atoms with Gasteiger partial charge in [0, 0.05) is 12.1 Å². The fourth-order valence-corrected chi connectivity index (χ4v) is 3.26. The number of morpholine rings is 1. The molecular weight excluding hydrogens is 298 g/mol. The monoisotopic (exact) mass is 319 g/mol. The number of nitrogens with two attached hydrogens (primary N) is 1. The molecule has 2 aliphatic rings. The number of benzene rings is 1. The predicted octanol–water partition coefficient (Wildman–Crippen LogP) is 0.288. The highest BCUT2D eigenvalue weighted by Crippen LogP contribution is 2.28. The van der Waals surface area contributed by atoms with E-state index in [2.05, 4.69) is 10.6 Å². The zero-order valence-electron chi connectivity index (χ0n) is 12.8. The minimum absolute atomic E-state index is 0.00410. The number of hydrogen-bond donors (Lipinski definition) is 3. The number of alkyl carbamates (subject to hydrolysis) is 1. The first-order chi connectivity index (χ1) is 11.1. The first-order valence-corrected chi connectivity index (χ1v) is 7.70. The summed E-state index contributed by atoms with van der Waals surface area (Å²) in [5.74, 6) is -0.535. The van der Waals surface area contributed by atoms with Gasteiger partial charge in [-0.1, -0.05) is 30.3 Å². The Hall–Kier alpha value is -2.12. The molecule has 3 rings (SSSR count). The Labute approximate surface area is 134 Å². The van der Waals surface area contributed by atoms with Crippen molar-refractivity contribution in [3.05, 3.63) is 35.9 Å². The summed E-state index contributed by atoms with van der Waals surface area (Å²) in [4.78, 5) is 24.1. The molecule has 7 nitrogen and oxygen atoms in total. The molecule has 2 heterocycles. The van der Waals surface area contributed by atoms with Crippen LogP contribution in [-0.4, -0.2) is 42.8 Å². The van der Waals surface area contributed by atoms with Crippen molar-refractivity contribution in [2.45, 2.75) is 37.1 Å². The number of carbonyl (C=O) groups is 2. The van der Waals surface area contributed by atoms with E-state index in [4.69, 9.17) is 15.2 Å². The molecule has 2 fully saturated rings. The summed E-state index contributed by atoms with van der Waals surface area (Å²) in [5, 5.41) is 6.07. The summed E-state index contributed by atoms with van der Waals surface area (Å²) in [6.45, 7) is 1.16. The molecule has 2 amide bonds. The van der Waals surface area contributed by atoms with E-state index in [0.29, 0.717) is 26.1 Å². The van der Waals surface area contributed by atoms with Crippen LogP contribution in [0.2, 0.25) is 0 Å². The van der Waals surface area contributed by atoms with Crippen LogP contribution < -0.4 is 16.4 Å². The van der Waals surface area contributed by atoms with Gasteiger partial charge in [0.25, 0.3) is 0 Å². The lowest BCUT2D eigenvalue weighted by Crippen LogP contribution is -2.69. The minimum atomic E-state index is -1.09. The van der Waals surface area contributed by atoms with Gasteiger partial charge in [-0.25, -0.2) is 4.79 Å². The number of primary amides is 1. The van der Waals surface area contributed by atoms with Crippen molar-refractivity contribution < 1.29 is 19.1 Å². The van der Waals surface area contributed by atoms with Crippen LogP contribution in [0.1, 0.15) is 18.4 Å². The van der Waals surface area contributed by atoms with Gasteiger partial charge in [-0.05, 0) is 18.4 Å². The van der Waals surface area contributed by atoms with Crippen LogP contribution in [0.5, 0.6) is 0 Å². The van der Waals surface area contributed by atoms with Crippen molar-refractivity contribution in [2.24, 2.45) is 5.73 Å². The standard InChI is InChI=1S/C16H21N3O4/c17-14(20)16(6-12-9-22-10-13(7-16)18-12)19-15(21)23-8-11-4-2-1-3-5-11/h1-5,12-13,18H,6-10H2,(H2,17,20)(H,19,21). The minimum Gasteiger partial charge on any atom is -0.445 e. The number of fused-ring (bicyclic) bond motifs is 2. The Kier molecular flexibility index (Phi) is 4.49. The number of ether oxygens (including phenoxy) is 2. The van der Waals surface area contributed by atoms with E-state index in [0.717, 1.165) is 5.56 Å². The summed E-state index contributed by atoms with van der Waals surface area (Å²) < 4.78 is 10.7. The van der Waals surface area contributed by atoms with Gasteiger partial charge < -0.3 is 25.8 Å². The largest absolute Gasteiger partial charge is 0.445 e. The van der Waals surface area contributed by atoms with Crippen molar-refractivity contribution in [1.82, 2.24) is 10.6 Å². The third-order valence-electron chi connectivity index (χ3n) is 4.32. The van der Waals surface area contributed by atoms with Gasteiger partial charge in [-0.2, -0.15) is 0 Å². The third-order valence-corrected chi connectivity index (χ3v) is 4.32. The molecule has 2 saturated heterocycles. The molecule has 1 aromatic carbocycles. The number of amides is 2. The van der Waals surface area contributed by atoms with Crippen LogP contribution in [0.15, 0.2) is 30.3 Å². The molecule has 0 radical (unpaired) electrons. The third kappa shape index (κ3) is 3.62. The van der Waals surface area contributed by atoms with Crippen LogP contribution in [0.25, 0.3) is 0 Å². The molecule has 0 aliphatic carbocycles. The maximum absolute atomic E-state index is 12.1. The second-order valence-electron chi connectivity index (χ2n) is 6.14. The Bertz CT molecular complexity index is 566. The second-order valence-corrected chi connectivity index (χ2v) is 6.14. The molecule has 2 bridgehead atoms. The highest BCUT2D eigenvalue weighted by atomic mass is 16.5. The molecule has 7 heteroatoms. The van der Waals surface area contributed by atoms with Gasteiger partial charge in [0.2, 0.25) is 5.91 Å². The molecule has 124 valence electrons. The van der Waals surface area contributed by atoms with Crippen molar-refractivity contribution >= 4 is 12.0 Å². The predicted molar refractivity (Wildman–Crippen MR) is 82.5 cm³/mol. The van der Waals surface area contributed by atoms with Crippen molar-refractivity contribution in [3.63, 3.8) is 0 Å². The van der Waals surface area contributed by atoms with Crippen LogP contribution in [0.3, 0.4) is 0 Å². The smallest absolute Gasteiger partial charge is 0.408 e. The van der Waals surface area contributed by atoms with Crippen LogP contribution in [0.4, 0.5) is 4.79 Å². The Morgan fingerprint density at radius 3 is 2.52 bits per heavy atom. The number of rotatable bonds is 4. The molecule has 4 N–H and O–H groups in total. The summed E-state index contributed by atoms with van der Waals surface area (Å²) in [6, 6.07) is 9.37. The summed E-state index contributed by atoms with van der Waals surface area (Å²) in [5.41, 5.74) is 5.38. The van der Waals surface area contributed by atoms with Gasteiger partial charge in [0.05, 0.1) is 13.2 Å². The number of piperidine rings is 1. The van der Waals surface area contributed by atoms with E-state index in [9.17, 15) is 9.59 Å². The Morgan fingerprint density at radius 1 is 1.26 bits per heavy atom. The average Bonchev–Trinajstić information content (AvgIpc) is 2.53. The normalized spacial score (nSPS) is 29.6. The van der Waals surface area contributed by atoms with Crippen LogP contribution in [-0.2, 0) is 20.9 Å². The quantitative estimate of drug-likeness (QED) is 0.740. The summed E-state index contributed by atoms with van der Waals surface area (Å²) in [6.07, 6.45) is 0.173. The Morgan fingerprint density at radius 2 is 1.91 bits per heavy atom. The number of hydrogen-bond acceptors (Lipinski definition) is 5. The molecule has 2 atom stereocenters. The zero-order chi connectivity index (χ0) is 16.3. The van der Waals surface area contributed by atoms with Gasteiger partial charge in [-0.15, -0.1) is 0 Å². The molecule has 2 aliphatic heterocycles. The van der Waals surface area contributed by atoms with Gasteiger partial charge in [-0.3, -0.25) is 4.79 Å². The van der Waals surface area contributed by atoms with Gasteiger partial charge in [0.15, 0.2) is 0 Å². The molecule has 0 spiro atoms. The van der Waals surface area contributed by atoms with Crippen molar-refractivity contribution in [1.29, 1.82) is 0 Å². The lowest BCUT2D eigenvalue weighted by atomic mass is 9.79. The maximum Gasteiger partial charge on any atom is 0.408 e. The molecule has 2 unspecified atom stereocenters. The lowest BCUT2D eigenvalue weighted by molar-refractivity contribution is -0.128. The fraction of sp³-hybridized carbons (Fsp3) is 0.500. The molecule has 0 saturated carbocycles. The Balaban J connectivity index is 1.63. The average molecular weight is 319 g/mol. The number of nitrogens with one attached hydrogen (secondary N) is 2. The zero-order valence-corrected chi connectivity index (χ0v) is 12.8. The van der Waals surface area contributed by atoms with E-state index in [-0.39, 0.29) is 18.7 Å². The topological polar surface area (TPSA) is 103 Å². The molecule has 0 aromatic heterocycles. The second kappa shape index (κ2) is 6.55. The van der Waals surface area contributed by atoms with Crippen LogP contribution >= 0.6 is 0 Å². The van der Waals surface area contributed by atoms with E-state index in [1.54, 1.807) is 0 Å². The SMILES string of the molecule is NC(=O)C1(NC(=O)OCc2ccccc2)CC2COCC(C1)N2. The fourth-order valence-electron chi connectivity index (χ4n) is 3.26. The maximum atomic E-state index is 12.1.